The SMILES string of the molecule is N=c1ccccc2c3c([nH]c12)CCCC3. The largest absolute Gasteiger partial charge is 0.356 e. The third kappa shape index (κ3) is 1.29. The lowest BCUT2D eigenvalue weighted by Crippen LogP contribution is -2.00. The Morgan fingerprint density at radius 2 is 1.87 bits per heavy atom. The van der Waals surface area contributed by atoms with Crippen LogP contribution in [-0.4, -0.2) is 4.98 Å². The first kappa shape index (κ1) is 8.72. The van der Waals surface area contributed by atoms with Gasteiger partial charge in [-0.3, -0.25) is 5.41 Å². The monoisotopic (exact) mass is 198 g/mol. The number of hydrogen-bond acceptors (Lipinski definition) is 1. The highest BCUT2D eigenvalue weighted by molar-refractivity contribution is 5.83. The topological polar surface area (TPSA) is 39.6 Å². The molecule has 2 nitrogen and oxygen atoms in total. The van der Waals surface area contributed by atoms with Crippen molar-refractivity contribution >= 4 is 10.9 Å². The number of rotatable bonds is 0. The molecule has 0 unspecified atom stereocenters. The molecule has 0 amide bonds. The molecule has 0 aliphatic heterocycles. The van der Waals surface area contributed by atoms with Gasteiger partial charge in [-0.25, -0.2) is 0 Å². The lowest BCUT2D eigenvalue weighted by atomic mass is 9.96. The lowest BCUT2D eigenvalue weighted by Gasteiger charge is -2.09. The summed E-state index contributed by atoms with van der Waals surface area (Å²) in [7, 11) is 0. The highest BCUT2D eigenvalue weighted by Gasteiger charge is 2.14. The van der Waals surface area contributed by atoms with E-state index in [1.54, 1.807) is 0 Å². The van der Waals surface area contributed by atoms with E-state index in [9.17, 15) is 0 Å². The van der Waals surface area contributed by atoms with Crippen LogP contribution < -0.4 is 5.36 Å². The van der Waals surface area contributed by atoms with E-state index in [1.807, 2.05) is 18.2 Å². The summed E-state index contributed by atoms with van der Waals surface area (Å²) in [5, 5.41) is 9.78. The molecule has 0 bridgehead atoms. The van der Waals surface area contributed by atoms with Crippen molar-refractivity contribution in [3.63, 3.8) is 0 Å². The fourth-order valence-corrected chi connectivity index (χ4v) is 2.49. The number of fused-ring (bicyclic) bond motifs is 3. The number of aromatic nitrogens is 1. The van der Waals surface area contributed by atoms with Gasteiger partial charge in [0, 0.05) is 11.1 Å². The summed E-state index contributed by atoms with van der Waals surface area (Å²) in [4.78, 5) is 3.42. The average Bonchev–Trinajstić information content (AvgIpc) is 2.54. The Kier molecular flexibility index (Phi) is 1.88. The molecule has 0 fully saturated rings. The zero-order valence-electron chi connectivity index (χ0n) is 8.64. The van der Waals surface area contributed by atoms with Crippen LogP contribution in [0.3, 0.4) is 0 Å². The maximum atomic E-state index is 7.93. The zero-order chi connectivity index (χ0) is 10.3. The molecular weight excluding hydrogens is 184 g/mol. The van der Waals surface area contributed by atoms with Gasteiger partial charge in [-0.15, -0.1) is 0 Å². The summed E-state index contributed by atoms with van der Waals surface area (Å²) in [6.07, 6.45) is 4.87. The number of H-pyrrole nitrogens is 1. The molecule has 15 heavy (non-hydrogen) atoms. The molecule has 76 valence electrons. The van der Waals surface area contributed by atoms with Crippen LogP contribution in [0.15, 0.2) is 24.3 Å². The molecule has 1 aliphatic carbocycles. The first-order valence-electron chi connectivity index (χ1n) is 5.53. The van der Waals surface area contributed by atoms with Crippen molar-refractivity contribution in [2.24, 2.45) is 0 Å². The van der Waals surface area contributed by atoms with Gasteiger partial charge in [0.1, 0.15) is 0 Å². The Balaban J connectivity index is 2.44. The van der Waals surface area contributed by atoms with Crippen LogP contribution >= 0.6 is 0 Å². The maximum Gasteiger partial charge on any atom is 0.0780 e. The summed E-state index contributed by atoms with van der Waals surface area (Å²) in [5.74, 6) is 0. The first-order chi connectivity index (χ1) is 7.36. The highest BCUT2D eigenvalue weighted by atomic mass is 14.7. The standard InChI is InChI=1S/C13H14N2/c14-11-7-3-1-6-10-9-5-2-4-8-12(9)15-13(10)11/h1,3,6-7,14-15H,2,4-5,8H2. The summed E-state index contributed by atoms with van der Waals surface area (Å²) in [6, 6.07) is 7.95. The van der Waals surface area contributed by atoms with Crippen LogP contribution in [0.4, 0.5) is 0 Å². The van der Waals surface area contributed by atoms with Crippen molar-refractivity contribution in [3.05, 3.63) is 40.9 Å². The van der Waals surface area contributed by atoms with Gasteiger partial charge in [0.2, 0.25) is 0 Å². The van der Waals surface area contributed by atoms with E-state index >= 15 is 0 Å². The smallest absolute Gasteiger partial charge is 0.0780 e. The van der Waals surface area contributed by atoms with Gasteiger partial charge in [0.05, 0.1) is 10.9 Å². The quantitative estimate of drug-likeness (QED) is 0.653. The van der Waals surface area contributed by atoms with Gasteiger partial charge in [-0.05, 0) is 37.3 Å². The van der Waals surface area contributed by atoms with Crippen LogP contribution in [0.1, 0.15) is 24.1 Å². The summed E-state index contributed by atoms with van der Waals surface area (Å²) >= 11 is 0. The molecule has 1 aromatic heterocycles. The van der Waals surface area contributed by atoms with Crippen LogP contribution in [-0.2, 0) is 12.8 Å². The van der Waals surface area contributed by atoms with Crippen LogP contribution in [0, 0.1) is 5.41 Å². The predicted octanol–water partition coefficient (Wildman–Crippen LogP) is 2.53. The third-order valence-electron chi connectivity index (χ3n) is 3.24. The second-order valence-corrected chi connectivity index (χ2v) is 4.21. The minimum absolute atomic E-state index is 0.601. The number of aromatic amines is 1. The summed E-state index contributed by atoms with van der Waals surface area (Å²) < 4.78 is 0. The molecule has 3 rings (SSSR count). The molecule has 1 aromatic carbocycles. The van der Waals surface area contributed by atoms with Gasteiger partial charge in [-0.1, -0.05) is 18.2 Å². The Hall–Kier alpha value is -1.57. The second kappa shape index (κ2) is 3.23. The van der Waals surface area contributed by atoms with E-state index in [-0.39, 0.29) is 0 Å². The van der Waals surface area contributed by atoms with Gasteiger partial charge in [0.15, 0.2) is 0 Å². The Morgan fingerprint density at radius 3 is 2.80 bits per heavy atom. The molecule has 1 aliphatic rings. The Labute approximate surface area is 88.5 Å². The van der Waals surface area contributed by atoms with Crippen molar-refractivity contribution in [2.75, 3.05) is 0 Å². The van der Waals surface area contributed by atoms with Crippen molar-refractivity contribution in [3.8, 4) is 0 Å². The number of aryl methyl sites for hydroxylation is 2. The number of nitrogens with one attached hydrogen (secondary N) is 2. The van der Waals surface area contributed by atoms with Gasteiger partial charge >= 0.3 is 0 Å². The van der Waals surface area contributed by atoms with E-state index in [0.717, 1.165) is 11.9 Å². The molecule has 0 radical (unpaired) electrons. The lowest BCUT2D eigenvalue weighted by molar-refractivity contribution is 0.680. The normalized spacial score (nSPS) is 15.2. The van der Waals surface area contributed by atoms with Crippen LogP contribution in [0.25, 0.3) is 10.9 Å². The molecule has 2 aromatic rings. The molecule has 2 heteroatoms. The van der Waals surface area contributed by atoms with Crippen molar-refractivity contribution < 1.29 is 0 Å². The summed E-state index contributed by atoms with van der Waals surface area (Å²) in [5.41, 5.74) is 3.81. The van der Waals surface area contributed by atoms with E-state index in [2.05, 4.69) is 11.1 Å². The minimum atomic E-state index is 0.601. The minimum Gasteiger partial charge on any atom is -0.356 e. The third-order valence-corrected chi connectivity index (χ3v) is 3.24. The molecule has 0 atom stereocenters. The van der Waals surface area contributed by atoms with E-state index < -0.39 is 0 Å². The Bertz CT molecular complexity index is 566. The highest BCUT2D eigenvalue weighted by Crippen LogP contribution is 2.26. The second-order valence-electron chi connectivity index (χ2n) is 4.21. The fourth-order valence-electron chi connectivity index (χ4n) is 2.49. The van der Waals surface area contributed by atoms with Crippen molar-refractivity contribution in [1.29, 1.82) is 5.41 Å². The molecular formula is C13H14N2. The van der Waals surface area contributed by atoms with E-state index in [4.69, 9.17) is 5.41 Å². The van der Waals surface area contributed by atoms with Gasteiger partial charge < -0.3 is 4.98 Å². The van der Waals surface area contributed by atoms with Crippen molar-refractivity contribution in [2.45, 2.75) is 25.7 Å². The average molecular weight is 198 g/mol. The summed E-state index contributed by atoms with van der Waals surface area (Å²) in [6.45, 7) is 0. The Morgan fingerprint density at radius 1 is 1.07 bits per heavy atom. The van der Waals surface area contributed by atoms with Crippen LogP contribution in [0.2, 0.25) is 0 Å². The predicted molar refractivity (Wildman–Crippen MR) is 60.8 cm³/mol. The van der Waals surface area contributed by atoms with Gasteiger partial charge in [0.25, 0.3) is 0 Å². The molecule has 0 spiro atoms. The fraction of sp³-hybridized carbons (Fsp3) is 0.308. The molecule has 0 saturated heterocycles. The van der Waals surface area contributed by atoms with E-state index in [0.29, 0.717) is 5.36 Å². The molecule has 1 heterocycles. The molecule has 0 saturated carbocycles. The first-order valence-corrected chi connectivity index (χ1v) is 5.53. The number of hydrogen-bond donors (Lipinski definition) is 2. The van der Waals surface area contributed by atoms with Crippen LogP contribution in [0.5, 0.6) is 0 Å². The van der Waals surface area contributed by atoms with E-state index in [1.165, 1.54) is 35.9 Å². The van der Waals surface area contributed by atoms with Crippen molar-refractivity contribution in [1.82, 2.24) is 4.98 Å². The molecule has 2 N–H and O–H groups in total. The maximum absolute atomic E-state index is 7.93. The zero-order valence-corrected chi connectivity index (χ0v) is 8.64. The van der Waals surface area contributed by atoms with Gasteiger partial charge in [-0.2, -0.15) is 0 Å².